The van der Waals surface area contributed by atoms with E-state index in [9.17, 15) is 4.79 Å². The van der Waals surface area contributed by atoms with Crippen LogP contribution in [0.25, 0.3) is 28.0 Å². The van der Waals surface area contributed by atoms with Crippen molar-refractivity contribution in [3.8, 4) is 22.4 Å². The monoisotopic (exact) mass is 422 g/mol. The van der Waals surface area contributed by atoms with Crippen molar-refractivity contribution in [3.63, 3.8) is 0 Å². The van der Waals surface area contributed by atoms with Gasteiger partial charge < -0.3 is 4.40 Å². The van der Waals surface area contributed by atoms with Crippen molar-refractivity contribution in [1.29, 1.82) is 0 Å². The molecule has 0 saturated heterocycles. The summed E-state index contributed by atoms with van der Waals surface area (Å²) in [6, 6.07) is 29.2. The van der Waals surface area contributed by atoms with Gasteiger partial charge >= 0.3 is 0 Å². The average Bonchev–Trinajstić information content (AvgIpc) is 3.26. The number of aromatic nitrogens is 2. The number of fused-ring (bicyclic) bond motifs is 1. The number of carbonyl (C=O) groups excluding carboxylic acids is 1. The summed E-state index contributed by atoms with van der Waals surface area (Å²) in [5.41, 5.74) is 6.29. The van der Waals surface area contributed by atoms with Gasteiger partial charge in [-0.2, -0.15) is 0 Å². The summed E-state index contributed by atoms with van der Waals surface area (Å²) in [4.78, 5) is 17.8. The topological polar surface area (TPSA) is 34.4 Å². The quantitative estimate of drug-likeness (QED) is 0.294. The molecule has 3 nitrogen and oxygen atoms in total. The number of hydrogen-bond donors (Lipinski definition) is 0. The van der Waals surface area contributed by atoms with Crippen molar-refractivity contribution in [2.45, 2.75) is 6.42 Å². The third-order valence-corrected chi connectivity index (χ3v) is 5.60. The molecule has 31 heavy (non-hydrogen) atoms. The Hall–Kier alpha value is -3.69. The van der Waals surface area contributed by atoms with Crippen LogP contribution in [-0.2, 0) is 6.42 Å². The Morgan fingerprint density at radius 2 is 1.58 bits per heavy atom. The molecule has 0 spiro atoms. The van der Waals surface area contributed by atoms with Crippen LogP contribution < -0.4 is 0 Å². The van der Waals surface area contributed by atoms with Crippen molar-refractivity contribution in [2.24, 2.45) is 0 Å². The number of hydrogen-bond acceptors (Lipinski definition) is 2. The molecule has 0 amide bonds. The van der Waals surface area contributed by atoms with Gasteiger partial charge in [0.15, 0.2) is 5.78 Å². The Bertz CT molecular complexity index is 1370. The summed E-state index contributed by atoms with van der Waals surface area (Å²) in [5.74, 6) is 0.0736. The highest BCUT2D eigenvalue weighted by molar-refractivity contribution is 6.31. The largest absolute Gasteiger partial charge is 0.306 e. The fourth-order valence-electron chi connectivity index (χ4n) is 3.82. The van der Waals surface area contributed by atoms with Gasteiger partial charge in [0, 0.05) is 40.5 Å². The van der Waals surface area contributed by atoms with E-state index in [0.717, 1.165) is 33.6 Å². The molecule has 3 aromatic carbocycles. The van der Waals surface area contributed by atoms with Gasteiger partial charge in [-0.15, -0.1) is 0 Å². The van der Waals surface area contributed by atoms with Crippen molar-refractivity contribution in [3.05, 3.63) is 120 Å². The van der Waals surface area contributed by atoms with E-state index in [2.05, 4.69) is 0 Å². The van der Waals surface area contributed by atoms with Crippen LogP contribution in [0.5, 0.6) is 0 Å². The van der Waals surface area contributed by atoms with Gasteiger partial charge in [-0.3, -0.25) is 4.79 Å². The Morgan fingerprint density at radius 1 is 0.839 bits per heavy atom. The first-order chi connectivity index (χ1) is 15.2. The van der Waals surface area contributed by atoms with Crippen LogP contribution in [0.1, 0.15) is 15.9 Å². The molecule has 0 aliphatic rings. The second-order valence-electron chi connectivity index (χ2n) is 7.41. The van der Waals surface area contributed by atoms with E-state index in [1.165, 1.54) is 0 Å². The zero-order valence-electron chi connectivity index (χ0n) is 16.7. The highest BCUT2D eigenvalue weighted by Gasteiger charge is 2.16. The molecule has 4 heteroatoms. The zero-order valence-corrected chi connectivity index (χ0v) is 17.5. The Balaban J connectivity index is 1.61. The summed E-state index contributed by atoms with van der Waals surface area (Å²) in [5, 5.41) is 0.628. The Labute approximate surface area is 185 Å². The van der Waals surface area contributed by atoms with E-state index < -0.39 is 0 Å². The molecule has 2 aromatic heterocycles. The molecule has 0 fully saturated rings. The minimum atomic E-state index is 0.0736. The van der Waals surface area contributed by atoms with E-state index in [1.807, 2.05) is 108 Å². The third kappa shape index (κ3) is 3.88. The van der Waals surface area contributed by atoms with Gasteiger partial charge in [0.1, 0.15) is 5.65 Å². The van der Waals surface area contributed by atoms with E-state index in [0.29, 0.717) is 17.0 Å². The van der Waals surface area contributed by atoms with Crippen molar-refractivity contribution in [2.75, 3.05) is 0 Å². The Kier molecular flexibility index (Phi) is 5.11. The number of rotatable bonds is 5. The maximum Gasteiger partial charge on any atom is 0.167 e. The molecule has 0 aliphatic carbocycles. The number of carbonyl (C=O) groups is 1. The molecule has 150 valence electrons. The van der Waals surface area contributed by atoms with Crippen molar-refractivity contribution >= 4 is 23.0 Å². The van der Waals surface area contributed by atoms with Crippen molar-refractivity contribution < 1.29 is 4.79 Å². The number of imidazole rings is 1. The number of halogens is 1. The van der Waals surface area contributed by atoms with E-state index >= 15 is 0 Å². The lowest BCUT2D eigenvalue weighted by Crippen LogP contribution is -2.05. The van der Waals surface area contributed by atoms with Crippen LogP contribution >= 0.6 is 11.6 Å². The lowest BCUT2D eigenvalue weighted by molar-refractivity contribution is 0.0993. The number of benzene rings is 3. The van der Waals surface area contributed by atoms with E-state index in [-0.39, 0.29) is 5.78 Å². The fourth-order valence-corrected chi connectivity index (χ4v) is 4.00. The molecule has 0 radical (unpaired) electrons. The van der Waals surface area contributed by atoms with Crippen LogP contribution in [-0.4, -0.2) is 15.2 Å². The molecule has 5 aromatic rings. The predicted octanol–water partition coefficient (Wildman–Crippen LogP) is 6.75. The average molecular weight is 423 g/mol. The molecule has 0 aliphatic heterocycles. The predicted molar refractivity (Wildman–Crippen MR) is 126 cm³/mol. The molecular weight excluding hydrogens is 404 g/mol. The number of nitrogens with zero attached hydrogens (tertiary/aromatic N) is 2. The van der Waals surface area contributed by atoms with Crippen LogP contribution in [0.2, 0.25) is 5.02 Å². The normalized spacial score (nSPS) is 11.0. The first-order valence-electron chi connectivity index (χ1n) is 10.1. The van der Waals surface area contributed by atoms with Gasteiger partial charge in [-0.25, -0.2) is 4.98 Å². The number of Topliss-reactive ketones (excluding diaryl/α,β-unsaturated/α-hetero) is 1. The standard InChI is InChI=1S/C27H19ClN2O/c28-22-14-13-21(16-26(31)20-10-5-2-6-11-20)24(17-22)23-12-7-15-30-18-25(29-27(23)30)19-8-3-1-4-9-19/h1-15,17-18H,16H2. The Morgan fingerprint density at radius 3 is 2.35 bits per heavy atom. The lowest BCUT2D eigenvalue weighted by atomic mass is 9.95. The minimum absolute atomic E-state index is 0.0736. The van der Waals surface area contributed by atoms with Crippen LogP contribution in [0, 0.1) is 0 Å². The SMILES string of the molecule is O=C(Cc1ccc(Cl)cc1-c1cccn2cc(-c3ccccc3)nc12)c1ccccc1. The maximum atomic E-state index is 12.9. The molecular formula is C27H19ClN2O. The first-order valence-corrected chi connectivity index (χ1v) is 10.5. The number of ketones is 1. The summed E-state index contributed by atoms with van der Waals surface area (Å²) in [7, 11) is 0. The first kappa shape index (κ1) is 19.3. The fraction of sp³-hybridized carbons (Fsp3) is 0.0370. The van der Waals surface area contributed by atoms with E-state index in [1.54, 1.807) is 0 Å². The third-order valence-electron chi connectivity index (χ3n) is 5.36. The highest BCUT2D eigenvalue weighted by Crippen LogP contribution is 2.32. The second kappa shape index (κ2) is 8.21. The molecule has 0 unspecified atom stereocenters. The molecule has 0 N–H and O–H groups in total. The van der Waals surface area contributed by atoms with E-state index in [4.69, 9.17) is 16.6 Å². The van der Waals surface area contributed by atoms with Gasteiger partial charge in [-0.1, -0.05) is 78.3 Å². The summed E-state index contributed by atoms with van der Waals surface area (Å²) in [6.45, 7) is 0. The molecule has 0 bridgehead atoms. The molecule has 0 saturated carbocycles. The second-order valence-corrected chi connectivity index (χ2v) is 7.85. The molecule has 0 atom stereocenters. The van der Waals surface area contributed by atoms with Gasteiger partial charge in [0.05, 0.1) is 5.69 Å². The lowest BCUT2D eigenvalue weighted by Gasteiger charge is -2.11. The summed E-state index contributed by atoms with van der Waals surface area (Å²) in [6.07, 6.45) is 4.30. The summed E-state index contributed by atoms with van der Waals surface area (Å²) >= 11 is 6.36. The minimum Gasteiger partial charge on any atom is -0.306 e. The molecule has 5 rings (SSSR count). The number of pyridine rings is 1. The smallest absolute Gasteiger partial charge is 0.167 e. The van der Waals surface area contributed by atoms with Gasteiger partial charge in [-0.05, 0) is 35.4 Å². The highest BCUT2D eigenvalue weighted by atomic mass is 35.5. The summed E-state index contributed by atoms with van der Waals surface area (Å²) < 4.78 is 2.02. The van der Waals surface area contributed by atoms with Crippen LogP contribution in [0.15, 0.2) is 103 Å². The molecule has 2 heterocycles. The zero-order chi connectivity index (χ0) is 21.2. The maximum absolute atomic E-state index is 12.9. The van der Waals surface area contributed by atoms with Crippen LogP contribution in [0.4, 0.5) is 0 Å². The van der Waals surface area contributed by atoms with Gasteiger partial charge in [0.25, 0.3) is 0 Å². The van der Waals surface area contributed by atoms with Crippen molar-refractivity contribution in [1.82, 2.24) is 9.38 Å². The van der Waals surface area contributed by atoms with Gasteiger partial charge in [0.2, 0.25) is 0 Å². The van der Waals surface area contributed by atoms with Crippen LogP contribution in [0.3, 0.4) is 0 Å².